The molecule has 0 aliphatic carbocycles. The SMILES string of the molecule is COc1ccc(CSc2cc(O)c(C(=O)NCC(=O)O)c3ncnn23)cc1. The van der Waals surface area contributed by atoms with E-state index in [1.54, 1.807) is 7.11 Å². The van der Waals surface area contributed by atoms with Crippen molar-refractivity contribution in [3.63, 3.8) is 0 Å². The van der Waals surface area contributed by atoms with Crippen LogP contribution in [0, 0.1) is 0 Å². The number of ether oxygens (including phenoxy) is 1. The maximum Gasteiger partial charge on any atom is 0.322 e. The summed E-state index contributed by atoms with van der Waals surface area (Å²) in [4.78, 5) is 26.8. The summed E-state index contributed by atoms with van der Waals surface area (Å²) >= 11 is 1.41. The molecule has 140 valence electrons. The predicted octanol–water partition coefficient (Wildman–Crippen LogP) is 1.55. The van der Waals surface area contributed by atoms with Gasteiger partial charge in [-0.05, 0) is 17.7 Å². The molecule has 27 heavy (non-hydrogen) atoms. The van der Waals surface area contributed by atoms with Crippen LogP contribution in [0.5, 0.6) is 11.5 Å². The smallest absolute Gasteiger partial charge is 0.322 e. The Hall–Kier alpha value is -3.27. The van der Waals surface area contributed by atoms with Gasteiger partial charge in [-0.3, -0.25) is 9.59 Å². The lowest BCUT2D eigenvalue weighted by molar-refractivity contribution is -0.135. The average Bonchev–Trinajstić information content (AvgIpc) is 3.14. The number of rotatable bonds is 7. The highest BCUT2D eigenvalue weighted by Crippen LogP contribution is 2.30. The molecule has 0 saturated carbocycles. The van der Waals surface area contributed by atoms with Crippen molar-refractivity contribution in [2.75, 3.05) is 13.7 Å². The van der Waals surface area contributed by atoms with Gasteiger partial charge in [0.1, 0.15) is 35.0 Å². The van der Waals surface area contributed by atoms with Crippen molar-refractivity contribution < 1.29 is 24.5 Å². The summed E-state index contributed by atoms with van der Waals surface area (Å²) in [6, 6.07) is 8.98. The Morgan fingerprint density at radius 2 is 2.04 bits per heavy atom. The number of aliphatic carboxylic acids is 1. The summed E-state index contributed by atoms with van der Waals surface area (Å²) in [6.07, 6.45) is 1.26. The van der Waals surface area contributed by atoms with Crippen molar-refractivity contribution in [3.05, 3.63) is 47.8 Å². The van der Waals surface area contributed by atoms with Crippen molar-refractivity contribution in [2.24, 2.45) is 0 Å². The first-order chi connectivity index (χ1) is 13.0. The molecule has 0 radical (unpaired) electrons. The monoisotopic (exact) mass is 388 g/mol. The van der Waals surface area contributed by atoms with Gasteiger partial charge in [0.25, 0.3) is 5.91 Å². The number of methoxy groups -OCH3 is 1. The summed E-state index contributed by atoms with van der Waals surface area (Å²) in [5.74, 6) is -0.859. The first kappa shape index (κ1) is 18.5. The normalized spacial score (nSPS) is 10.7. The van der Waals surface area contributed by atoms with Crippen LogP contribution in [-0.4, -0.2) is 50.3 Å². The van der Waals surface area contributed by atoms with E-state index in [1.807, 2.05) is 24.3 Å². The fraction of sp³-hybridized carbons (Fsp3) is 0.176. The number of carbonyl (C=O) groups excluding carboxylic acids is 1. The molecule has 0 saturated heterocycles. The fourth-order valence-corrected chi connectivity index (χ4v) is 3.34. The van der Waals surface area contributed by atoms with Crippen LogP contribution in [0.4, 0.5) is 0 Å². The number of thioether (sulfide) groups is 1. The summed E-state index contributed by atoms with van der Waals surface area (Å²) in [5, 5.41) is 25.9. The Morgan fingerprint density at radius 1 is 1.30 bits per heavy atom. The van der Waals surface area contributed by atoms with Gasteiger partial charge in [-0.15, -0.1) is 11.8 Å². The van der Waals surface area contributed by atoms with Gasteiger partial charge in [0.2, 0.25) is 0 Å². The Morgan fingerprint density at radius 3 is 2.70 bits per heavy atom. The highest BCUT2D eigenvalue weighted by atomic mass is 32.2. The van der Waals surface area contributed by atoms with Crippen molar-refractivity contribution in [1.29, 1.82) is 0 Å². The molecule has 9 nitrogen and oxygen atoms in total. The lowest BCUT2D eigenvalue weighted by atomic mass is 10.2. The second-order valence-corrected chi connectivity index (χ2v) is 6.45. The van der Waals surface area contributed by atoms with Crippen LogP contribution in [-0.2, 0) is 10.5 Å². The zero-order valence-corrected chi connectivity index (χ0v) is 15.1. The lowest BCUT2D eigenvalue weighted by Crippen LogP contribution is -2.29. The number of benzene rings is 1. The number of hydrogen-bond donors (Lipinski definition) is 3. The van der Waals surface area contributed by atoms with Crippen LogP contribution in [0.2, 0.25) is 0 Å². The highest BCUT2D eigenvalue weighted by Gasteiger charge is 2.21. The molecule has 2 heterocycles. The van der Waals surface area contributed by atoms with Crippen LogP contribution in [0.1, 0.15) is 15.9 Å². The van der Waals surface area contributed by atoms with Crippen molar-refractivity contribution in [1.82, 2.24) is 19.9 Å². The Kier molecular flexibility index (Phi) is 5.46. The largest absolute Gasteiger partial charge is 0.507 e. The topological polar surface area (TPSA) is 126 Å². The molecule has 0 fully saturated rings. The van der Waals surface area contributed by atoms with E-state index in [9.17, 15) is 14.7 Å². The number of carboxylic acids is 1. The van der Waals surface area contributed by atoms with E-state index in [0.29, 0.717) is 10.8 Å². The number of aromatic hydroxyl groups is 1. The number of nitrogens with zero attached hydrogens (tertiary/aromatic N) is 3. The van der Waals surface area contributed by atoms with Gasteiger partial charge in [0, 0.05) is 11.8 Å². The van der Waals surface area contributed by atoms with E-state index >= 15 is 0 Å². The zero-order valence-electron chi connectivity index (χ0n) is 14.2. The van der Waals surface area contributed by atoms with Gasteiger partial charge in [0.15, 0.2) is 5.65 Å². The van der Waals surface area contributed by atoms with Gasteiger partial charge in [-0.25, -0.2) is 9.50 Å². The highest BCUT2D eigenvalue weighted by molar-refractivity contribution is 7.98. The number of pyridine rings is 1. The van der Waals surface area contributed by atoms with E-state index in [4.69, 9.17) is 9.84 Å². The molecular formula is C17H16N4O5S. The number of hydrogen-bond acceptors (Lipinski definition) is 7. The van der Waals surface area contributed by atoms with Gasteiger partial charge in [-0.1, -0.05) is 12.1 Å². The summed E-state index contributed by atoms with van der Waals surface area (Å²) in [7, 11) is 1.60. The second kappa shape index (κ2) is 7.96. The number of fused-ring (bicyclic) bond motifs is 1. The summed E-state index contributed by atoms with van der Waals surface area (Å²) in [6.45, 7) is -0.563. The minimum absolute atomic E-state index is 0.123. The molecule has 10 heteroatoms. The first-order valence-electron chi connectivity index (χ1n) is 7.81. The van der Waals surface area contributed by atoms with Crippen LogP contribution >= 0.6 is 11.8 Å². The van der Waals surface area contributed by atoms with Gasteiger partial charge in [-0.2, -0.15) is 5.10 Å². The van der Waals surface area contributed by atoms with Gasteiger partial charge >= 0.3 is 5.97 Å². The molecule has 0 unspecified atom stereocenters. The first-order valence-corrected chi connectivity index (χ1v) is 8.79. The van der Waals surface area contributed by atoms with E-state index in [1.165, 1.54) is 28.7 Å². The van der Waals surface area contributed by atoms with E-state index < -0.39 is 18.4 Å². The summed E-state index contributed by atoms with van der Waals surface area (Å²) < 4.78 is 6.56. The Labute approximate surface area is 158 Å². The molecule has 1 aromatic carbocycles. The standard InChI is InChI=1S/C17H16N4O5S/c1-26-11-4-2-10(3-5-11)8-27-13-6-12(22)15(16-19-9-20-21(13)16)17(25)18-7-14(23)24/h2-6,9,22H,7-8H2,1H3,(H,18,25)(H,23,24). The van der Waals surface area contributed by atoms with E-state index in [-0.39, 0.29) is 17.0 Å². The van der Waals surface area contributed by atoms with Crippen molar-refractivity contribution in [2.45, 2.75) is 10.8 Å². The third-order valence-electron chi connectivity index (χ3n) is 3.67. The Balaban J connectivity index is 1.84. The van der Waals surface area contributed by atoms with Crippen LogP contribution in [0.25, 0.3) is 5.65 Å². The molecular weight excluding hydrogens is 372 g/mol. The molecule has 3 aromatic rings. The third kappa shape index (κ3) is 4.11. The van der Waals surface area contributed by atoms with Crippen LogP contribution in [0.15, 0.2) is 41.7 Å². The second-order valence-electron chi connectivity index (χ2n) is 5.45. The number of carboxylic acid groups (broad SMARTS) is 1. The maximum absolute atomic E-state index is 12.2. The summed E-state index contributed by atoms with van der Waals surface area (Å²) in [5.41, 5.74) is 1.06. The number of carbonyl (C=O) groups is 2. The van der Waals surface area contributed by atoms with E-state index in [2.05, 4.69) is 15.4 Å². The molecule has 0 aliphatic heterocycles. The molecule has 0 atom stereocenters. The van der Waals surface area contributed by atoms with E-state index in [0.717, 1.165) is 11.3 Å². The number of nitrogens with one attached hydrogen (secondary N) is 1. The molecule has 2 aromatic heterocycles. The average molecular weight is 388 g/mol. The van der Waals surface area contributed by atoms with Gasteiger partial charge in [0.05, 0.1) is 7.11 Å². The lowest BCUT2D eigenvalue weighted by Gasteiger charge is -2.10. The molecule has 0 bridgehead atoms. The minimum Gasteiger partial charge on any atom is -0.507 e. The third-order valence-corrected chi connectivity index (χ3v) is 4.73. The fourth-order valence-electron chi connectivity index (χ4n) is 2.38. The molecule has 3 N–H and O–H groups in total. The van der Waals surface area contributed by atoms with Gasteiger partial charge < -0.3 is 20.3 Å². The molecule has 1 amide bonds. The molecule has 0 aliphatic rings. The zero-order chi connectivity index (χ0) is 19.4. The minimum atomic E-state index is -1.19. The van der Waals surface area contributed by atoms with Crippen LogP contribution < -0.4 is 10.1 Å². The van der Waals surface area contributed by atoms with Crippen molar-refractivity contribution >= 4 is 29.3 Å². The molecule has 3 rings (SSSR count). The Bertz CT molecular complexity index is 987. The predicted molar refractivity (Wildman–Crippen MR) is 97.2 cm³/mol. The number of amides is 1. The quantitative estimate of drug-likeness (QED) is 0.521. The van der Waals surface area contributed by atoms with Crippen molar-refractivity contribution in [3.8, 4) is 11.5 Å². The molecule has 0 spiro atoms. The van der Waals surface area contributed by atoms with Crippen LogP contribution in [0.3, 0.4) is 0 Å². The maximum atomic E-state index is 12.2. The number of aromatic nitrogens is 3.